The molecule has 0 aliphatic carbocycles. The third-order valence-corrected chi connectivity index (χ3v) is 2.70. The zero-order valence-electron chi connectivity index (χ0n) is 11.1. The Morgan fingerprint density at radius 2 is 2.19 bits per heavy atom. The third-order valence-electron chi connectivity index (χ3n) is 2.70. The van der Waals surface area contributed by atoms with Crippen molar-refractivity contribution in [1.82, 2.24) is 4.98 Å². The van der Waals surface area contributed by atoms with Crippen LogP contribution in [0.25, 0.3) is 0 Å². The molecule has 1 aromatic carbocycles. The van der Waals surface area contributed by atoms with Crippen molar-refractivity contribution in [2.45, 2.75) is 6.61 Å². The highest BCUT2D eigenvalue weighted by Gasteiger charge is 2.16. The van der Waals surface area contributed by atoms with Gasteiger partial charge in [0.2, 0.25) is 5.75 Å². The first kappa shape index (κ1) is 14.3. The number of nitro benzene ring substituents is 1. The van der Waals surface area contributed by atoms with Crippen molar-refractivity contribution in [3.8, 4) is 17.6 Å². The minimum Gasteiger partial charge on any atom is -0.497 e. The van der Waals surface area contributed by atoms with Crippen molar-refractivity contribution in [3.63, 3.8) is 0 Å². The van der Waals surface area contributed by atoms with Crippen molar-refractivity contribution < 1.29 is 14.4 Å². The molecule has 0 unspecified atom stereocenters. The van der Waals surface area contributed by atoms with E-state index < -0.39 is 4.92 Å². The van der Waals surface area contributed by atoms with Crippen LogP contribution in [0.2, 0.25) is 0 Å². The predicted molar refractivity (Wildman–Crippen MR) is 72.9 cm³/mol. The van der Waals surface area contributed by atoms with E-state index in [-0.39, 0.29) is 23.7 Å². The number of aromatic nitrogens is 1. The lowest BCUT2D eigenvalue weighted by molar-refractivity contribution is -0.386. The van der Waals surface area contributed by atoms with Gasteiger partial charge in [0.25, 0.3) is 0 Å². The second-order valence-corrected chi connectivity index (χ2v) is 4.04. The summed E-state index contributed by atoms with van der Waals surface area (Å²) in [5, 5.41) is 19.7. The summed E-state index contributed by atoms with van der Waals surface area (Å²) in [5.74, 6) is 0.567. The Kier molecular flexibility index (Phi) is 4.31. The number of nitro groups is 1. The summed E-state index contributed by atoms with van der Waals surface area (Å²) in [5.41, 5.74) is 0.806. The van der Waals surface area contributed by atoms with Gasteiger partial charge in [-0.3, -0.25) is 10.1 Å². The maximum Gasteiger partial charge on any atom is 0.311 e. The van der Waals surface area contributed by atoms with Crippen LogP contribution in [0.4, 0.5) is 5.69 Å². The molecule has 2 rings (SSSR count). The molecule has 7 nitrogen and oxygen atoms in total. The molecule has 1 aromatic heterocycles. The first-order valence-corrected chi connectivity index (χ1v) is 5.94. The Bertz CT molecular complexity index is 710. The molecule has 0 amide bonds. The number of methoxy groups -OCH3 is 1. The number of nitrogens with zero attached hydrogens (tertiary/aromatic N) is 3. The molecule has 1 heterocycles. The monoisotopic (exact) mass is 285 g/mol. The standard InChI is InChI=1S/C14H11N3O4/c1-20-12-2-3-13(17(18)19)14(7-12)21-9-10-4-5-16-11(6-10)8-15/h2-7H,9H2,1H3. The highest BCUT2D eigenvalue weighted by Crippen LogP contribution is 2.31. The number of ether oxygens (including phenoxy) is 2. The van der Waals surface area contributed by atoms with Crippen molar-refractivity contribution in [2.24, 2.45) is 0 Å². The summed E-state index contributed by atoms with van der Waals surface area (Å²) >= 11 is 0. The lowest BCUT2D eigenvalue weighted by atomic mass is 10.2. The fourth-order valence-electron chi connectivity index (χ4n) is 1.67. The van der Waals surface area contributed by atoms with E-state index in [1.165, 1.54) is 31.5 Å². The summed E-state index contributed by atoms with van der Waals surface area (Å²) < 4.78 is 10.5. The summed E-state index contributed by atoms with van der Waals surface area (Å²) in [6.07, 6.45) is 1.48. The van der Waals surface area contributed by atoms with E-state index in [1.807, 2.05) is 6.07 Å². The van der Waals surface area contributed by atoms with Gasteiger partial charge in [-0.25, -0.2) is 4.98 Å². The zero-order valence-corrected chi connectivity index (χ0v) is 11.1. The normalized spacial score (nSPS) is 9.71. The van der Waals surface area contributed by atoms with Gasteiger partial charge in [-0.1, -0.05) is 0 Å². The molecule has 0 fully saturated rings. The van der Waals surface area contributed by atoms with Crippen molar-refractivity contribution in [2.75, 3.05) is 7.11 Å². The fraction of sp³-hybridized carbons (Fsp3) is 0.143. The van der Waals surface area contributed by atoms with E-state index in [0.717, 1.165) is 0 Å². The lowest BCUT2D eigenvalue weighted by Crippen LogP contribution is -2.00. The molecule has 21 heavy (non-hydrogen) atoms. The Morgan fingerprint density at radius 1 is 1.38 bits per heavy atom. The molecule has 0 saturated heterocycles. The van der Waals surface area contributed by atoms with Crippen LogP contribution in [0.1, 0.15) is 11.3 Å². The van der Waals surface area contributed by atoms with E-state index in [4.69, 9.17) is 14.7 Å². The minimum absolute atomic E-state index is 0.0885. The molecular weight excluding hydrogens is 274 g/mol. The third kappa shape index (κ3) is 3.45. The fourth-order valence-corrected chi connectivity index (χ4v) is 1.67. The molecule has 0 saturated carbocycles. The van der Waals surface area contributed by atoms with E-state index in [2.05, 4.69) is 4.98 Å². The highest BCUT2D eigenvalue weighted by atomic mass is 16.6. The molecule has 0 aliphatic heterocycles. The van der Waals surface area contributed by atoms with Gasteiger partial charge in [0.1, 0.15) is 24.1 Å². The zero-order chi connectivity index (χ0) is 15.2. The van der Waals surface area contributed by atoms with Crippen LogP contribution in [-0.4, -0.2) is 17.0 Å². The first-order chi connectivity index (χ1) is 10.1. The number of hydrogen-bond donors (Lipinski definition) is 0. The summed E-state index contributed by atoms with van der Waals surface area (Å²) in [6.45, 7) is 0.0885. The molecule has 0 atom stereocenters. The number of pyridine rings is 1. The summed E-state index contributed by atoms with van der Waals surface area (Å²) in [4.78, 5) is 14.3. The Balaban J connectivity index is 2.22. The first-order valence-electron chi connectivity index (χ1n) is 5.94. The van der Waals surface area contributed by atoms with Gasteiger partial charge in [-0.15, -0.1) is 0 Å². The number of benzene rings is 1. The number of nitriles is 1. The molecule has 0 N–H and O–H groups in total. The Morgan fingerprint density at radius 3 is 2.86 bits per heavy atom. The van der Waals surface area contributed by atoms with Crippen molar-refractivity contribution in [3.05, 3.63) is 57.9 Å². The van der Waals surface area contributed by atoms with Gasteiger partial charge in [-0.2, -0.15) is 5.26 Å². The average Bonchev–Trinajstić information content (AvgIpc) is 2.52. The number of rotatable bonds is 5. The molecule has 7 heteroatoms. The van der Waals surface area contributed by atoms with Gasteiger partial charge in [-0.05, 0) is 23.8 Å². The Hall–Kier alpha value is -3.14. The van der Waals surface area contributed by atoms with E-state index in [0.29, 0.717) is 11.3 Å². The van der Waals surface area contributed by atoms with Crippen LogP contribution in [0.3, 0.4) is 0 Å². The van der Waals surface area contributed by atoms with Crippen molar-refractivity contribution >= 4 is 5.69 Å². The molecule has 0 spiro atoms. The SMILES string of the molecule is COc1ccc([N+](=O)[O-])c(OCc2ccnc(C#N)c2)c1. The van der Waals surface area contributed by atoms with Gasteiger partial charge in [0.05, 0.1) is 12.0 Å². The van der Waals surface area contributed by atoms with Crippen LogP contribution in [0.15, 0.2) is 36.5 Å². The van der Waals surface area contributed by atoms with Gasteiger partial charge in [0, 0.05) is 18.3 Å². The molecule has 0 radical (unpaired) electrons. The maximum absolute atomic E-state index is 11.0. The molecule has 106 valence electrons. The molecular formula is C14H11N3O4. The van der Waals surface area contributed by atoms with E-state index in [9.17, 15) is 10.1 Å². The summed E-state index contributed by atoms with van der Waals surface area (Å²) in [6, 6.07) is 9.41. The Labute approximate surface area is 120 Å². The van der Waals surface area contributed by atoms with Gasteiger partial charge in [0.15, 0.2) is 0 Å². The van der Waals surface area contributed by atoms with Crippen LogP contribution >= 0.6 is 0 Å². The van der Waals surface area contributed by atoms with Gasteiger partial charge >= 0.3 is 5.69 Å². The average molecular weight is 285 g/mol. The van der Waals surface area contributed by atoms with Crippen molar-refractivity contribution in [1.29, 1.82) is 5.26 Å². The second kappa shape index (κ2) is 6.34. The largest absolute Gasteiger partial charge is 0.497 e. The molecule has 2 aromatic rings. The van der Waals surface area contributed by atoms with Gasteiger partial charge < -0.3 is 9.47 Å². The highest BCUT2D eigenvalue weighted by molar-refractivity contribution is 5.50. The summed E-state index contributed by atoms with van der Waals surface area (Å²) in [7, 11) is 1.47. The minimum atomic E-state index is -0.526. The van der Waals surface area contributed by atoms with Crippen LogP contribution in [0, 0.1) is 21.4 Å². The molecule has 0 aliphatic rings. The maximum atomic E-state index is 11.0. The van der Waals surface area contributed by atoms with Crippen LogP contribution in [0.5, 0.6) is 11.5 Å². The van der Waals surface area contributed by atoms with E-state index >= 15 is 0 Å². The second-order valence-electron chi connectivity index (χ2n) is 4.04. The lowest BCUT2D eigenvalue weighted by Gasteiger charge is -2.08. The van der Waals surface area contributed by atoms with E-state index in [1.54, 1.807) is 12.1 Å². The number of hydrogen-bond acceptors (Lipinski definition) is 6. The topological polar surface area (TPSA) is 98.3 Å². The predicted octanol–water partition coefficient (Wildman–Crippen LogP) is 2.45. The van der Waals surface area contributed by atoms with Crippen LogP contribution < -0.4 is 9.47 Å². The quantitative estimate of drug-likeness (QED) is 0.618. The smallest absolute Gasteiger partial charge is 0.311 e. The van der Waals surface area contributed by atoms with Crippen LogP contribution in [-0.2, 0) is 6.61 Å². The molecule has 0 bridgehead atoms.